The van der Waals surface area contributed by atoms with Gasteiger partial charge in [-0.15, -0.1) is 0 Å². The molecule has 0 spiro atoms. The Morgan fingerprint density at radius 2 is 2.20 bits per heavy atom. The van der Waals surface area contributed by atoms with E-state index in [0.29, 0.717) is 23.3 Å². The lowest BCUT2D eigenvalue weighted by Crippen LogP contribution is -2.32. The van der Waals surface area contributed by atoms with E-state index in [1.165, 1.54) is 0 Å². The van der Waals surface area contributed by atoms with Crippen molar-refractivity contribution in [3.05, 3.63) is 34.9 Å². The summed E-state index contributed by atoms with van der Waals surface area (Å²) in [5, 5.41) is 9.41. The van der Waals surface area contributed by atoms with Crippen molar-refractivity contribution in [1.29, 1.82) is 5.26 Å². The predicted molar refractivity (Wildman–Crippen MR) is 73.8 cm³/mol. The average molecular weight is 270 g/mol. The highest BCUT2D eigenvalue weighted by atomic mass is 16.5. The molecule has 0 aromatic heterocycles. The molecule has 0 bridgehead atoms. The molecule has 0 aromatic rings. The lowest BCUT2D eigenvalue weighted by molar-refractivity contribution is -0.117. The molecule has 0 unspecified atom stereocenters. The van der Waals surface area contributed by atoms with Gasteiger partial charge in [-0.1, -0.05) is 12.2 Å². The van der Waals surface area contributed by atoms with Gasteiger partial charge in [-0.3, -0.25) is 4.79 Å². The number of hydrogen-bond acceptors (Lipinski definition) is 4. The number of nitriles is 1. The highest BCUT2D eigenvalue weighted by Gasteiger charge is 2.40. The molecule has 0 fully saturated rings. The maximum Gasteiger partial charge on any atom is 0.204 e. The molecule has 1 heterocycles. The maximum atomic E-state index is 12.3. The Morgan fingerprint density at radius 1 is 1.35 bits per heavy atom. The average Bonchev–Trinajstić information content (AvgIpc) is 2.47. The van der Waals surface area contributed by atoms with Gasteiger partial charge in [0.15, 0.2) is 5.78 Å². The van der Waals surface area contributed by atoms with Crippen molar-refractivity contribution in [2.24, 2.45) is 17.6 Å². The van der Waals surface area contributed by atoms with Crippen LogP contribution in [0.5, 0.6) is 0 Å². The van der Waals surface area contributed by atoms with E-state index in [2.05, 4.69) is 18.2 Å². The molecular formula is C16H18N2O2. The molecule has 0 saturated heterocycles. The summed E-state index contributed by atoms with van der Waals surface area (Å²) < 4.78 is 5.55. The zero-order valence-electron chi connectivity index (χ0n) is 11.4. The quantitative estimate of drug-likeness (QED) is 0.743. The minimum Gasteiger partial charge on any atom is -0.444 e. The number of carbonyl (C=O) groups excluding carboxylic acids is 1. The molecule has 104 valence electrons. The third-order valence-electron chi connectivity index (χ3n) is 4.37. The molecule has 4 heteroatoms. The highest BCUT2D eigenvalue weighted by molar-refractivity contribution is 5.98. The minimum absolute atomic E-state index is 0.121. The Morgan fingerprint density at radius 3 is 2.90 bits per heavy atom. The number of ketones is 1. The predicted octanol–water partition coefficient (Wildman–Crippen LogP) is 2.69. The summed E-state index contributed by atoms with van der Waals surface area (Å²) in [7, 11) is 0. The van der Waals surface area contributed by atoms with Crippen LogP contribution >= 0.6 is 0 Å². The Balaban J connectivity index is 2.07. The van der Waals surface area contributed by atoms with Gasteiger partial charge in [0.2, 0.25) is 5.88 Å². The van der Waals surface area contributed by atoms with Gasteiger partial charge >= 0.3 is 0 Å². The van der Waals surface area contributed by atoms with Gasteiger partial charge in [0.05, 0.1) is 5.57 Å². The Kier molecular flexibility index (Phi) is 3.35. The first kappa shape index (κ1) is 13.0. The Bertz CT molecular complexity index is 578. The third kappa shape index (κ3) is 2.03. The number of hydrogen-bond donors (Lipinski definition) is 1. The number of carbonyl (C=O) groups is 1. The van der Waals surface area contributed by atoms with Crippen LogP contribution in [0.25, 0.3) is 0 Å². The van der Waals surface area contributed by atoms with E-state index >= 15 is 0 Å². The number of nitrogens with two attached hydrogens (primary N) is 1. The van der Waals surface area contributed by atoms with Gasteiger partial charge in [0.25, 0.3) is 0 Å². The van der Waals surface area contributed by atoms with Crippen molar-refractivity contribution in [3.63, 3.8) is 0 Å². The largest absolute Gasteiger partial charge is 0.444 e. The fourth-order valence-corrected chi connectivity index (χ4v) is 3.44. The van der Waals surface area contributed by atoms with E-state index < -0.39 is 0 Å². The summed E-state index contributed by atoms with van der Waals surface area (Å²) in [6, 6.07) is 2.16. The molecule has 2 atom stereocenters. The molecule has 2 aliphatic carbocycles. The Labute approximate surface area is 118 Å². The second-order valence-electron chi connectivity index (χ2n) is 5.61. The fraction of sp³-hybridized carbons (Fsp3) is 0.500. The van der Waals surface area contributed by atoms with Crippen molar-refractivity contribution in [2.75, 3.05) is 0 Å². The summed E-state index contributed by atoms with van der Waals surface area (Å²) >= 11 is 0. The third-order valence-corrected chi connectivity index (χ3v) is 4.37. The first-order valence-corrected chi connectivity index (χ1v) is 7.23. The summed E-state index contributed by atoms with van der Waals surface area (Å²) in [4.78, 5) is 12.3. The van der Waals surface area contributed by atoms with Crippen molar-refractivity contribution in [3.8, 4) is 6.07 Å². The fourth-order valence-electron chi connectivity index (χ4n) is 3.44. The van der Waals surface area contributed by atoms with E-state index in [0.717, 1.165) is 32.1 Å². The van der Waals surface area contributed by atoms with Gasteiger partial charge < -0.3 is 10.5 Å². The van der Waals surface area contributed by atoms with Gasteiger partial charge in [-0.25, -0.2) is 0 Å². The van der Waals surface area contributed by atoms with E-state index in [1.54, 1.807) is 0 Å². The summed E-state index contributed by atoms with van der Waals surface area (Å²) in [6.07, 6.45) is 9.53. The normalized spacial score (nSPS) is 29.9. The van der Waals surface area contributed by atoms with Gasteiger partial charge in [0, 0.05) is 24.3 Å². The molecule has 0 aromatic carbocycles. The number of ether oxygens (including phenoxy) is 1. The molecule has 0 saturated carbocycles. The number of Topliss-reactive ketones (excluding diaryl/α,β-unsaturated/α-hetero) is 1. The zero-order chi connectivity index (χ0) is 14.1. The lowest BCUT2D eigenvalue weighted by Gasteiger charge is -2.35. The molecule has 2 N–H and O–H groups in total. The highest BCUT2D eigenvalue weighted by Crippen LogP contribution is 2.43. The second-order valence-corrected chi connectivity index (χ2v) is 5.61. The molecular weight excluding hydrogens is 252 g/mol. The van der Waals surface area contributed by atoms with Crippen LogP contribution in [0.15, 0.2) is 34.9 Å². The first-order valence-electron chi connectivity index (χ1n) is 7.23. The van der Waals surface area contributed by atoms with Gasteiger partial charge in [0.1, 0.15) is 11.8 Å². The summed E-state index contributed by atoms with van der Waals surface area (Å²) in [6.45, 7) is 0. The van der Waals surface area contributed by atoms with Crippen LogP contribution in [0.1, 0.15) is 38.5 Å². The van der Waals surface area contributed by atoms with Crippen LogP contribution in [0.2, 0.25) is 0 Å². The maximum absolute atomic E-state index is 12.3. The minimum atomic E-state index is -0.201. The topological polar surface area (TPSA) is 76.1 Å². The van der Waals surface area contributed by atoms with Crippen LogP contribution in [0, 0.1) is 23.2 Å². The van der Waals surface area contributed by atoms with E-state index in [1.807, 2.05) is 0 Å². The Hall–Kier alpha value is -2.02. The molecule has 20 heavy (non-hydrogen) atoms. The smallest absolute Gasteiger partial charge is 0.204 e. The van der Waals surface area contributed by atoms with Crippen LogP contribution in [-0.2, 0) is 9.53 Å². The van der Waals surface area contributed by atoms with E-state index in [4.69, 9.17) is 10.5 Å². The van der Waals surface area contributed by atoms with Crippen LogP contribution in [0.4, 0.5) is 0 Å². The van der Waals surface area contributed by atoms with Crippen LogP contribution < -0.4 is 5.73 Å². The number of rotatable bonds is 1. The van der Waals surface area contributed by atoms with Gasteiger partial charge in [-0.2, -0.15) is 5.26 Å². The van der Waals surface area contributed by atoms with E-state index in [9.17, 15) is 10.1 Å². The second kappa shape index (κ2) is 5.16. The van der Waals surface area contributed by atoms with Crippen molar-refractivity contribution in [2.45, 2.75) is 38.5 Å². The SMILES string of the molecule is N#CC1=C(N)OC2=C(C(=O)CCC2)[C@@H]1[C@@H]1C=CCCC1. The molecule has 0 amide bonds. The van der Waals surface area contributed by atoms with Crippen molar-refractivity contribution >= 4 is 5.78 Å². The zero-order valence-corrected chi connectivity index (χ0v) is 11.4. The standard InChI is InChI=1S/C16H18N2O2/c17-9-11-14(10-5-2-1-3-6-10)15-12(19)7-4-8-13(15)20-16(11)18/h2,5,10,14H,1,3-4,6-8,18H2/t10-,14-/m1/s1. The summed E-state index contributed by atoms with van der Waals surface area (Å²) in [5.74, 6) is 0.989. The molecule has 0 radical (unpaired) electrons. The van der Waals surface area contributed by atoms with Crippen LogP contribution in [0.3, 0.4) is 0 Å². The molecule has 1 aliphatic heterocycles. The first-order chi connectivity index (χ1) is 9.72. The lowest BCUT2D eigenvalue weighted by atomic mass is 9.72. The van der Waals surface area contributed by atoms with Gasteiger partial charge in [-0.05, 0) is 31.6 Å². The monoisotopic (exact) mass is 270 g/mol. The molecule has 3 rings (SSSR count). The molecule has 4 nitrogen and oxygen atoms in total. The molecule has 3 aliphatic rings. The number of nitrogens with zero attached hydrogens (tertiary/aromatic N) is 1. The van der Waals surface area contributed by atoms with Crippen molar-refractivity contribution in [1.82, 2.24) is 0 Å². The van der Waals surface area contributed by atoms with Crippen LogP contribution in [-0.4, -0.2) is 5.78 Å². The van der Waals surface area contributed by atoms with Crippen molar-refractivity contribution < 1.29 is 9.53 Å². The summed E-state index contributed by atoms with van der Waals surface area (Å²) in [5.41, 5.74) is 7.04. The van der Waals surface area contributed by atoms with E-state index in [-0.39, 0.29) is 23.5 Å². The number of allylic oxidation sites excluding steroid dienone is 5.